The summed E-state index contributed by atoms with van der Waals surface area (Å²) in [5.74, 6) is -0.0390. The molecule has 1 fully saturated rings. The lowest BCUT2D eigenvalue weighted by Gasteiger charge is -2.19. The van der Waals surface area contributed by atoms with Crippen molar-refractivity contribution < 1.29 is 14.3 Å². The Bertz CT molecular complexity index is 1080. The van der Waals surface area contributed by atoms with E-state index < -0.39 is 12.2 Å². The minimum atomic E-state index is -0.565. The van der Waals surface area contributed by atoms with E-state index in [2.05, 4.69) is 10.6 Å². The number of amides is 2. The molecule has 6 heteroatoms. The summed E-state index contributed by atoms with van der Waals surface area (Å²) < 4.78 is 5.51. The molecule has 2 amide bonds. The number of carbonyl (C=O) groups excluding carboxylic acids is 2. The molecule has 0 radical (unpaired) electrons. The quantitative estimate of drug-likeness (QED) is 0.585. The van der Waals surface area contributed by atoms with Crippen LogP contribution >= 0.6 is 0 Å². The third-order valence-corrected chi connectivity index (χ3v) is 5.21. The molecule has 1 saturated heterocycles. The lowest BCUT2D eigenvalue weighted by molar-refractivity contribution is -0.117. The summed E-state index contributed by atoms with van der Waals surface area (Å²) in [6, 6.07) is 23.2. The highest BCUT2D eigenvalue weighted by atomic mass is 16.6. The Morgan fingerprint density at radius 3 is 2.35 bits per heavy atom. The van der Waals surface area contributed by atoms with Crippen LogP contribution in [0.4, 0.5) is 27.5 Å². The molecule has 158 valence electrons. The molecule has 0 aliphatic carbocycles. The molecule has 4 rings (SSSR count). The monoisotopic (exact) mass is 415 g/mol. The van der Waals surface area contributed by atoms with Gasteiger partial charge in [0.05, 0.1) is 13.0 Å². The van der Waals surface area contributed by atoms with Gasteiger partial charge in [0, 0.05) is 22.7 Å². The number of rotatable bonds is 5. The van der Waals surface area contributed by atoms with Gasteiger partial charge in [-0.25, -0.2) is 4.79 Å². The predicted octanol–water partition coefficient (Wildman–Crippen LogP) is 5.40. The van der Waals surface area contributed by atoms with Gasteiger partial charge in [0.1, 0.15) is 6.10 Å². The van der Waals surface area contributed by atoms with Gasteiger partial charge in [-0.1, -0.05) is 30.3 Å². The molecule has 0 bridgehead atoms. The number of nitrogens with zero attached hydrogens (tertiary/aromatic N) is 1. The van der Waals surface area contributed by atoms with Crippen molar-refractivity contribution in [1.29, 1.82) is 0 Å². The number of nitrogens with one attached hydrogen (secondary N) is 2. The maximum absolute atomic E-state index is 12.5. The highest BCUT2D eigenvalue weighted by Crippen LogP contribution is 2.27. The first-order valence-corrected chi connectivity index (χ1v) is 10.3. The number of benzene rings is 3. The smallest absolute Gasteiger partial charge is 0.411 e. The first kappa shape index (κ1) is 20.5. The van der Waals surface area contributed by atoms with E-state index in [1.807, 2.05) is 74.5 Å². The largest absolute Gasteiger partial charge is 0.444 e. The standard InChI is InChI=1S/C25H25N3O3/c1-17-8-9-18(2)23(14-17)28-16-22(15-24(28)29)31-25(30)27-21-12-10-20(11-13-21)26-19-6-4-3-5-7-19/h3-14,22,26H,15-16H2,1-2H3,(H,27,30). The topological polar surface area (TPSA) is 70.7 Å². The van der Waals surface area contributed by atoms with E-state index in [1.54, 1.807) is 17.0 Å². The van der Waals surface area contributed by atoms with Crippen molar-refractivity contribution in [3.8, 4) is 0 Å². The molecular weight excluding hydrogens is 390 g/mol. The molecule has 6 nitrogen and oxygen atoms in total. The first-order chi connectivity index (χ1) is 15.0. The van der Waals surface area contributed by atoms with Gasteiger partial charge >= 0.3 is 6.09 Å². The van der Waals surface area contributed by atoms with Crippen molar-refractivity contribution >= 4 is 34.7 Å². The van der Waals surface area contributed by atoms with Crippen LogP contribution in [0.3, 0.4) is 0 Å². The second-order valence-corrected chi connectivity index (χ2v) is 7.72. The minimum absolute atomic E-state index is 0.0390. The summed E-state index contributed by atoms with van der Waals surface area (Å²) in [6.07, 6.45) is -0.864. The fraction of sp³-hybridized carbons (Fsp3) is 0.200. The Labute approximate surface area is 181 Å². The molecule has 1 aliphatic rings. The molecule has 1 heterocycles. The highest BCUT2D eigenvalue weighted by Gasteiger charge is 2.34. The SMILES string of the molecule is Cc1ccc(C)c(N2CC(OC(=O)Nc3ccc(Nc4ccccc4)cc3)CC2=O)c1. The van der Waals surface area contributed by atoms with E-state index in [9.17, 15) is 9.59 Å². The molecule has 2 N–H and O–H groups in total. The predicted molar refractivity (Wildman–Crippen MR) is 123 cm³/mol. The molecule has 1 unspecified atom stereocenters. The zero-order valence-electron chi connectivity index (χ0n) is 17.6. The number of hydrogen-bond donors (Lipinski definition) is 2. The molecule has 3 aromatic rings. The van der Waals surface area contributed by atoms with Crippen molar-refractivity contribution in [2.75, 3.05) is 22.1 Å². The normalized spacial score (nSPS) is 15.6. The summed E-state index contributed by atoms with van der Waals surface area (Å²) in [5.41, 5.74) is 5.50. The van der Waals surface area contributed by atoms with Crippen LogP contribution in [0.2, 0.25) is 0 Å². The van der Waals surface area contributed by atoms with Crippen LogP contribution in [-0.4, -0.2) is 24.6 Å². The van der Waals surface area contributed by atoms with Crippen molar-refractivity contribution in [3.63, 3.8) is 0 Å². The van der Waals surface area contributed by atoms with E-state index in [-0.39, 0.29) is 12.3 Å². The number of aryl methyl sites for hydroxylation is 2. The summed E-state index contributed by atoms with van der Waals surface area (Å²) in [4.78, 5) is 26.5. The van der Waals surface area contributed by atoms with E-state index in [1.165, 1.54) is 0 Å². The van der Waals surface area contributed by atoms with Gasteiger partial charge in [-0.05, 0) is 67.4 Å². The maximum Gasteiger partial charge on any atom is 0.411 e. The van der Waals surface area contributed by atoms with Crippen LogP contribution < -0.4 is 15.5 Å². The van der Waals surface area contributed by atoms with E-state index >= 15 is 0 Å². The Hall–Kier alpha value is -3.80. The van der Waals surface area contributed by atoms with Crippen LogP contribution in [0, 0.1) is 13.8 Å². The van der Waals surface area contributed by atoms with E-state index in [0.29, 0.717) is 12.2 Å². The second-order valence-electron chi connectivity index (χ2n) is 7.72. The molecule has 0 saturated carbocycles. The van der Waals surface area contributed by atoms with Crippen molar-refractivity contribution in [2.45, 2.75) is 26.4 Å². The van der Waals surface area contributed by atoms with Crippen LogP contribution in [0.15, 0.2) is 72.8 Å². The van der Waals surface area contributed by atoms with Gasteiger partial charge in [0.15, 0.2) is 0 Å². The fourth-order valence-electron chi connectivity index (χ4n) is 3.62. The number of para-hydroxylation sites is 1. The molecule has 0 spiro atoms. The van der Waals surface area contributed by atoms with Crippen molar-refractivity contribution in [3.05, 3.63) is 83.9 Å². The van der Waals surface area contributed by atoms with Crippen molar-refractivity contribution in [1.82, 2.24) is 0 Å². The molecule has 0 aromatic heterocycles. The van der Waals surface area contributed by atoms with Crippen LogP contribution in [0.5, 0.6) is 0 Å². The Morgan fingerprint density at radius 2 is 1.61 bits per heavy atom. The summed E-state index contributed by atoms with van der Waals surface area (Å²) in [5, 5.41) is 6.02. The number of ether oxygens (including phenoxy) is 1. The van der Waals surface area contributed by atoms with Crippen molar-refractivity contribution in [2.24, 2.45) is 0 Å². The lowest BCUT2D eigenvalue weighted by Crippen LogP contribution is -2.28. The summed E-state index contributed by atoms with van der Waals surface area (Å²) in [7, 11) is 0. The highest BCUT2D eigenvalue weighted by molar-refractivity contribution is 5.97. The lowest BCUT2D eigenvalue weighted by atomic mass is 10.1. The third kappa shape index (κ3) is 5.04. The van der Waals surface area contributed by atoms with Gasteiger partial charge < -0.3 is 15.0 Å². The number of anilines is 4. The zero-order valence-corrected chi connectivity index (χ0v) is 17.6. The van der Waals surface area contributed by atoms with Crippen LogP contribution in [-0.2, 0) is 9.53 Å². The van der Waals surface area contributed by atoms with Gasteiger partial charge in [0.2, 0.25) is 5.91 Å². The Morgan fingerprint density at radius 1 is 0.935 bits per heavy atom. The van der Waals surface area contributed by atoms with Gasteiger partial charge in [-0.3, -0.25) is 10.1 Å². The Balaban J connectivity index is 1.33. The summed E-state index contributed by atoms with van der Waals surface area (Å²) in [6.45, 7) is 4.32. The van der Waals surface area contributed by atoms with E-state index in [0.717, 1.165) is 28.2 Å². The van der Waals surface area contributed by atoms with Gasteiger partial charge in [-0.2, -0.15) is 0 Å². The molecule has 3 aromatic carbocycles. The average molecular weight is 415 g/mol. The van der Waals surface area contributed by atoms with Gasteiger partial charge in [0.25, 0.3) is 0 Å². The molecule has 1 aliphatic heterocycles. The summed E-state index contributed by atoms with van der Waals surface area (Å²) >= 11 is 0. The first-order valence-electron chi connectivity index (χ1n) is 10.3. The molecule has 1 atom stereocenters. The number of hydrogen-bond acceptors (Lipinski definition) is 4. The maximum atomic E-state index is 12.5. The Kier molecular flexibility index (Phi) is 5.89. The van der Waals surface area contributed by atoms with E-state index in [4.69, 9.17) is 4.74 Å². The number of carbonyl (C=O) groups is 2. The van der Waals surface area contributed by atoms with Crippen LogP contribution in [0.25, 0.3) is 0 Å². The fourth-order valence-corrected chi connectivity index (χ4v) is 3.62. The average Bonchev–Trinajstić information content (AvgIpc) is 3.11. The van der Waals surface area contributed by atoms with Crippen LogP contribution in [0.1, 0.15) is 17.5 Å². The zero-order chi connectivity index (χ0) is 21.8. The minimum Gasteiger partial charge on any atom is -0.444 e. The molecular formula is C25H25N3O3. The second kappa shape index (κ2) is 8.92. The molecule has 31 heavy (non-hydrogen) atoms. The third-order valence-electron chi connectivity index (χ3n) is 5.21. The van der Waals surface area contributed by atoms with Gasteiger partial charge in [-0.15, -0.1) is 0 Å².